The summed E-state index contributed by atoms with van der Waals surface area (Å²) in [6.07, 6.45) is 66.4. The van der Waals surface area contributed by atoms with Gasteiger partial charge in [-0.25, -0.2) is 9.13 Å². The molecule has 0 amide bonds. The number of unbranched alkanes of at least 4 members (excludes halogenated alkanes) is 55. The summed E-state index contributed by atoms with van der Waals surface area (Å²) in [7, 11) is -9.91. The highest BCUT2D eigenvalue weighted by atomic mass is 31.2. The molecule has 588 valence electrons. The van der Waals surface area contributed by atoms with Crippen LogP contribution in [0.3, 0.4) is 0 Å². The van der Waals surface area contributed by atoms with E-state index in [1.54, 1.807) is 0 Å². The van der Waals surface area contributed by atoms with Crippen molar-refractivity contribution >= 4 is 39.5 Å². The van der Waals surface area contributed by atoms with Crippen molar-refractivity contribution in [2.24, 2.45) is 0 Å². The average Bonchev–Trinajstić information content (AvgIpc) is 1.13. The Morgan fingerprint density at radius 2 is 0.404 bits per heavy atom. The Balaban J connectivity index is 5.23. The molecule has 0 spiro atoms. The Morgan fingerprint density at radius 3 is 0.596 bits per heavy atom. The van der Waals surface area contributed by atoms with Gasteiger partial charge in [-0.15, -0.1) is 0 Å². The molecule has 0 aliphatic carbocycles. The molecule has 0 rings (SSSR count). The van der Waals surface area contributed by atoms with E-state index >= 15 is 0 Å². The Morgan fingerprint density at radius 1 is 0.242 bits per heavy atom. The van der Waals surface area contributed by atoms with Crippen LogP contribution in [0.5, 0.6) is 0 Å². The molecule has 0 aromatic rings. The first-order chi connectivity index (χ1) is 48.2. The van der Waals surface area contributed by atoms with Crippen molar-refractivity contribution in [3.63, 3.8) is 0 Å². The lowest BCUT2D eigenvalue weighted by Gasteiger charge is -2.21. The number of ether oxygens (including phenoxy) is 4. The molecule has 0 aromatic heterocycles. The molecule has 0 heterocycles. The lowest BCUT2D eigenvalue weighted by atomic mass is 10.0. The highest BCUT2D eigenvalue weighted by Gasteiger charge is 2.30. The van der Waals surface area contributed by atoms with Gasteiger partial charge in [0.25, 0.3) is 0 Å². The van der Waals surface area contributed by atoms with Crippen molar-refractivity contribution in [2.75, 3.05) is 39.6 Å². The Hall–Kier alpha value is -1.94. The molecule has 0 bridgehead atoms. The second-order valence-electron chi connectivity index (χ2n) is 28.8. The fraction of sp³-hybridized carbons (Fsp3) is 0.950. The summed E-state index contributed by atoms with van der Waals surface area (Å²) in [5.41, 5.74) is 0. The van der Waals surface area contributed by atoms with Crippen LogP contribution < -0.4 is 0 Å². The van der Waals surface area contributed by atoms with Gasteiger partial charge in [0, 0.05) is 25.7 Å². The van der Waals surface area contributed by atoms with Crippen LogP contribution in [0.2, 0.25) is 0 Å². The van der Waals surface area contributed by atoms with Crippen LogP contribution in [0, 0.1) is 0 Å². The maximum absolute atomic E-state index is 13.1. The van der Waals surface area contributed by atoms with E-state index in [2.05, 4.69) is 27.7 Å². The van der Waals surface area contributed by atoms with Crippen molar-refractivity contribution in [3.8, 4) is 0 Å². The molecule has 3 N–H and O–H groups in total. The SMILES string of the molecule is CCCCCCCCCCCCCCCCCCCCCCC(=O)O[C@H](COC(=O)CCCCCCCCCCCCCCCC)COP(=O)(O)OC[C@@H](O)COP(=O)(O)OC[C@@H](COC(=O)CCCCCCCCCCCCCC)OC(=O)CCCCCCCCCCCCCCC. The van der Waals surface area contributed by atoms with Crippen LogP contribution in [0.1, 0.15) is 432 Å². The molecule has 0 saturated carbocycles. The second kappa shape index (κ2) is 74.3. The summed E-state index contributed by atoms with van der Waals surface area (Å²) in [5.74, 6) is -2.10. The van der Waals surface area contributed by atoms with Gasteiger partial charge < -0.3 is 33.8 Å². The van der Waals surface area contributed by atoms with Gasteiger partial charge in [-0.1, -0.05) is 381 Å². The van der Waals surface area contributed by atoms with Crippen LogP contribution in [0.25, 0.3) is 0 Å². The molecule has 5 atom stereocenters. The molecule has 0 radical (unpaired) electrons. The van der Waals surface area contributed by atoms with E-state index in [9.17, 15) is 43.2 Å². The van der Waals surface area contributed by atoms with E-state index < -0.39 is 97.5 Å². The number of phosphoric ester groups is 2. The molecule has 2 unspecified atom stereocenters. The maximum Gasteiger partial charge on any atom is 0.472 e. The lowest BCUT2D eigenvalue weighted by molar-refractivity contribution is -0.161. The number of phosphoric acid groups is 2. The van der Waals surface area contributed by atoms with Crippen LogP contribution in [-0.2, 0) is 65.4 Å². The predicted octanol–water partition coefficient (Wildman–Crippen LogP) is 24.2. The molecule has 17 nitrogen and oxygen atoms in total. The smallest absolute Gasteiger partial charge is 0.462 e. The maximum atomic E-state index is 13.1. The summed E-state index contributed by atoms with van der Waals surface area (Å²) in [6, 6.07) is 0. The molecule has 0 aromatic carbocycles. The van der Waals surface area contributed by atoms with Gasteiger partial charge >= 0.3 is 39.5 Å². The van der Waals surface area contributed by atoms with Crippen LogP contribution in [-0.4, -0.2) is 96.7 Å². The first-order valence-electron chi connectivity index (χ1n) is 41.8. The van der Waals surface area contributed by atoms with Gasteiger partial charge in [0.1, 0.15) is 19.3 Å². The number of esters is 4. The number of rotatable bonds is 81. The summed E-state index contributed by atoms with van der Waals surface area (Å²) in [4.78, 5) is 73.0. The van der Waals surface area contributed by atoms with Gasteiger partial charge in [-0.3, -0.25) is 37.3 Å². The van der Waals surface area contributed by atoms with E-state index in [0.717, 1.165) is 89.9 Å². The van der Waals surface area contributed by atoms with Gasteiger partial charge in [0.05, 0.1) is 26.4 Å². The van der Waals surface area contributed by atoms with Gasteiger partial charge in [-0.05, 0) is 25.7 Å². The topological polar surface area (TPSA) is 237 Å². The van der Waals surface area contributed by atoms with E-state index in [1.807, 2.05) is 0 Å². The Labute approximate surface area is 607 Å². The number of hydrogen-bond donors (Lipinski definition) is 3. The molecular weight excluding hydrogens is 1290 g/mol. The summed E-state index contributed by atoms with van der Waals surface area (Å²) in [6.45, 7) is 5.02. The summed E-state index contributed by atoms with van der Waals surface area (Å²) in [5, 5.41) is 10.6. The lowest BCUT2D eigenvalue weighted by Crippen LogP contribution is -2.30. The zero-order valence-electron chi connectivity index (χ0n) is 64.5. The number of hydrogen-bond acceptors (Lipinski definition) is 15. The van der Waals surface area contributed by atoms with Crippen LogP contribution >= 0.6 is 15.6 Å². The highest BCUT2D eigenvalue weighted by molar-refractivity contribution is 7.47. The minimum Gasteiger partial charge on any atom is -0.462 e. The Bertz CT molecular complexity index is 1880. The minimum atomic E-state index is -4.96. The Kier molecular flexibility index (Phi) is 72.9. The monoisotopic (exact) mass is 1450 g/mol. The molecule has 0 aliphatic rings. The van der Waals surface area contributed by atoms with E-state index in [0.29, 0.717) is 25.7 Å². The fourth-order valence-electron chi connectivity index (χ4n) is 12.5. The second-order valence-corrected chi connectivity index (χ2v) is 31.7. The van der Waals surface area contributed by atoms with E-state index in [4.69, 9.17) is 37.0 Å². The first kappa shape index (κ1) is 97.1. The highest BCUT2D eigenvalue weighted by Crippen LogP contribution is 2.45. The number of carbonyl (C=O) groups excluding carboxylic acids is 4. The van der Waals surface area contributed by atoms with E-state index in [-0.39, 0.29) is 25.7 Å². The van der Waals surface area contributed by atoms with Crippen molar-refractivity contribution in [2.45, 2.75) is 451 Å². The number of aliphatic hydroxyl groups is 1. The molecule has 0 saturated heterocycles. The molecular formula is C80H156O17P2. The first-order valence-corrected chi connectivity index (χ1v) is 44.8. The largest absolute Gasteiger partial charge is 0.472 e. The zero-order valence-corrected chi connectivity index (χ0v) is 66.3. The van der Waals surface area contributed by atoms with Crippen molar-refractivity contribution < 1.29 is 80.2 Å². The summed E-state index contributed by atoms with van der Waals surface area (Å²) < 4.78 is 68.7. The van der Waals surface area contributed by atoms with Crippen molar-refractivity contribution in [1.29, 1.82) is 0 Å². The van der Waals surface area contributed by atoms with Gasteiger partial charge in [0.2, 0.25) is 0 Å². The van der Waals surface area contributed by atoms with Gasteiger partial charge in [0.15, 0.2) is 12.2 Å². The van der Waals surface area contributed by atoms with Crippen molar-refractivity contribution in [3.05, 3.63) is 0 Å². The summed E-state index contributed by atoms with van der Waals surface area (Å²) >= 11 is 0. The number of aliphatic hydroxyl groups excluding tert-OH is 1. The molecule has 19 heteroatoms. The minimum absolute atomic E-state index is 0.109. The molecule has 0 fully saturated rings. The third-order valence-electron chi connectivity index (χ3n) is 18.9. The standard InChI is InChI=1S/C80H156O17P2/c1-5-9-13-17-21-25-29-33-35-36-37-38-39-40-43-47-51-55-59-63-67-80(85)97-76(71-91-78(83)65-61-57-53-49-45-42-34-30-26-22-18-14-10-6-2)73-95-99(88,89)93-69-74(81)68-92-98(86,87)94-72-75(70-90-77(82)64-60-56-52-48-44-32-28-24-20-16-12-8-4)96-79(84)66-62-58-54-50-46-41-31-27-23-19-15-11-7-3/h74-76,81H,5-73H2,1-4H3,(H,86,87)(H,88,89)/t74-,75+,76+/m0/s1. The third kappa shape index (κ3) is 74.1. The predicted molar refractivity (Wildman–Crippen MR) is 405 cm³/mol. The quantitative estimate of drug-likeness (QED) is 0.0222. The fourth-order valence-corrected chi connectivity index (χ4v) is 14.0. The third-order valence-corrected chi connectivity index (χ3v) is 20.8. The molecule has 0 aliphatic heterocycles. The van der Waals surface area contributed by atoms with Crippen LogP contribution in [0.15, 0.2) is 0 Å². The van der Waals surface area contributed by atoms with Gasteiger partial charge in [-0.2, -0.15) is 0 Å². The molecule has 99 heavy (non-hydrogen) atoms. The number of carbonyl (C=O) groups is 4. The zero-order chi connectivity index (χ0) is 72.5. The van der Waals surface area contributed by atoms with Crippen molar-refractivity contribution in [1.82, 2.24) is 0 Å². The van der Waals surface area contributed by atoms with E-state index in [1.165, 1.54) is 263 Å². The van der Waals surface area contributed by atoms with Crippen LogP contribution in [0.4, 0.5) is 0 Å². The average molecular weight is 1450 g/mol. The normalized spacial score (nSPS) is 13.8.